The molecule has 0 radical (unpaired) electrons. The molecule has 29 heavy (non-hydrogen) atoms. The van der Waals surface area contributed by atoms with Gasteiger partial charge in [-0.2, -0.15) is 0 Å². The maximum absolute atomic E-state index is 13.3. The van der Waals surface area contributed by atoms with Gasteiger partial charge in [0.25, 0.3) is 5.91 Å². The summed E-state index contributed by atoms with van der Waals surface area (Å²) < 4.78 is 29.7. The van der Waals surface area contributed by atoms with E-state index in [1.54, 1.807) is 6.07 Å². The summed E-state index contributed by atoms with van der Waals surface area (Å²) in [6.45, 7) is 0.224. The number of sulfone groups is 1. The molecule has 0 N–H and O–H groups in total. The first-order chi connectivity index (χ1) is 13.8. The van der Waals surface area contributed by atoms with E-state index in [1.807, 2.05) is 30.3 Å². The van der Waals surface area contributed by atoms with Crippen LogP contribution in [0.25, 0.3) is 11.0 Å². The zero-order chi connectivity index (χ0) is 20.6. The molecular weight excluding hydrogens is 414 g/mol. The molecule has 4 rings (SSSR count). The number of benzene rings is 2. The SMILES string of the molecule is O=C(c1cc(=O)c2cc(Cl)ccc2o1)N(Cc1ccccc1)C1CCS(=O)(=O)C1. The minimum Gasteiger partial charge on any atom is -0.451 e. The van der Waals surface area contributed by atoms with Crippen LogP contribution in [-0.4, -0.2) is 36.8 Å². The van der Waals surface area contributed by atoms with E-state index in [4.69, 9.17) is 16.0 Å². The molecular formula is C21H18ClNO5S. The second kappa shape index (κ2) is 7.65. The summed E-state index contributed by atoms with van der Waals surface area (Å²) in [5.74, 6) is -0.690. The maximum Gasteiger partial charge on any atom is 0.290 e. The highest BCUT2D eigenvalue weighted by Crippen LogP contribution is 2.24. The van der Waals surface area contributed by atoms with Crippen molar-refractivity contribution < 1.29 is 17.6 Å². The Hall–Kier alpha value is -2.64. The van der Waals surface area contributed by atoms with E-state index < -0.39 is 21.8 Å². The van der Waals surface area contributed by atoms with Gasteiger partial charge in [-0.05, 0) is 30.2 Å². The fraction of sp³-hybridized carbons (Fsp3) is 0.238. The molecule has 1 atom stereocenters. The Bertz CT molecular complexity index is 1240. The lowest BCUT2D eigenvalue weighted by Crippen LogP contribution is -2.40. The number of hydrogen-bond donors (Lipinski definition) is 0. The average molecular weight is 432 g/mol. The predicted octanol–water partition coefficient (Wildman–Crippen LogP) is 3.28. The number of carbonyl (C=O) groups excluding carboxylic acids is 1. The van der Waals surface area contributed by atoms with Crippen molar-refractivity contribution >= 4 is 38.3 Å². The van der Waals surface area contributed by atoms with Gasteiger partial charge in [-0.1, -0.05) is 41.9 Å². The minimum atomic E-state index is -3.20. The Kier molecular flexibility index (Phi) is 5.19. The van der Waals surface area contributed by atoms with Crippen molar-refractivity contribution in [3.8, 4) is 0 Å². The van der Waals surface area contributed by atoms with Gasteiger partial charge in [-0.15, -0.1) is 0 Å². The molecule has 1 aliphatic heterocycles. The van der Waals surface area contributed by atoms with Crippen molar-refractivity contribution in [1.29, 1.82) is 0 Å². The Balaban J connectivity index is 1.74. The summed E-state index contributed by atoms with van der Waals surface area (Å²) in [4.78, 5) is 27.2. The average Bonchev–Trinajstić information content (AvgIpc) is 3.06. The third kappa shape index (κ3) is 4.21. The zero-order valence-corrected chi connectivity index (χ0v) is 16.9. The van der Waals surface area contributed by atoms with E-state index in [1.165, 1.54) is 17.0 Å². The lowest BCUT2D eigenvalue weighted by Gasteiger charge is -2.28. The second-order valence-electron chi connectivity index (χ2n) is 7.09. The van der Waals surface area contributed by atoms with Crippen LogP contribution in [0.4, 0.5) is 0 Å². The van der Waals surface area contributed by atoms with Gasteiger partial charge in [0.1, 0.15) is 5.58 Å². The van der Waals surface area contributed by atoms with Crippen molar-refractivity contribution in [2.24, 2.45) is 0 Å². The van der Waals surface area contributed by atoms with Crippen LogP contribution in [0.1, 0.15) is 22.5 Å². The van der Waals surface area contributed by atoms with E-state index in [-0.39, 0.29) is 40.2 Å². The molecule has 2 heterocycles. The van der Waals surface area contributed by atoms with Crippen molar-refractivity contribution in [3.05, 3.63) is 81.2 Å². The standard InChI is InChI=1S/C21H18ClNO5S/c22-15-6-7-19-17(10-15)18(24)11-20(28-19)21(25)23(12-14-4-2-1-3-5-14)16-8-9-29(26,27)13-16/h1-7,10-11,16H,8-9,12-13H2. The third-order valence-corrected chi connectivity index (χ3v) is 6.99. The first-order valence-electron chi connectivity index (χ1n) is 9.11. The van der Waals surface area contributed by atoms with Gasteiger partial charge in [-0.3, -0.25) is 9.59 Å². The van der Waals surface area contributed by atoms with Crippen LogP contribution in [-0.2, 0) is 16.4 Å². The van der Waals surface area contributed by atoms with Crippen molar-refractivity contribution in [2.45, 2.75) is 19.0 Å². The first kappa shape index (κ1) is 19.7. The number of rotatable bonds is 4. The number of amides is 1. The van der Waals surface area contributed by atoms with Crippen molar-refractivity contribution in [3.63, 3.8) is 0 Å². The van der Waals surface area contributed by atoms with Gasteiger partial charge in [-0.25, -0.2) is 8.42 Å². The minimum absolute atomic E-state index is 0.0381. The quantitative estimate of drug-likeness (QED) is 0.633. The van der Waals surface area contributed by atoms with Crippen LogP contribution >= 0.6 is 11.6 Å². The molecule has 0 bridgehead atoms. The smallest absolute Gasteiger partial charge is 0.290 e. The molecule has 8 heteroatoms. The summed E-state index contributed by atoms with van der Waals surface area (Å²) in [6, 6.07) is 14.6. The monoisotopic (exact) mass is 431 g/mol. The molecule has 0 aliphatic carbocycles. The van der Waals surface area contributed by atoms with E-state index >= 15 is 0 Å². The molecule has 1 aromatic heterocycles. The van der Waals surface area contributed by atoms with Gasteiger partial charge >= 0.3 is 0 Å². The number of fused-ring (bicyclic) bond motifs is 1. The van der Waals surface area contributed by atoms with Crippen LogP contribution in [0.5, 0.6) is 0 Å². The van der Waals surface area contributed by atoms with Gasteiger partial charge in [0.2, 0.25) is 0 Å². The lowest BCUT2D eigenvalue weighted by atomic mass is 10.1. The highest BCUT2D eigenvalue weighted by Gasteiger charge is 2.36. The Morgan fingerprint density at radius 2 is 1.90 bits per heavy atom. The number of carbonyl (C=O) groups is 1. The highest BCUT2D eigenvalue weighted by atomic mass is 35.5. The summed E-state index contributed by atoms with van der Waals surface area (Å²) in [6.07, 6.45) is 0.355. The normalized spacial score (nSPS) is 18.0. The zero-order valence-electron chi connectivity index (χ0n) is 15.4. The summed E-state index contributed by atoms with van der Waals surface area (Å²) >= 11 is 5.93. The Labute approximate surface area is 172 Å². The summed E-state index contributed by atoms with van der Waals surface area (Å²) in [5, 5.41) is 0.679. The molecule has 3 aromatic rings. The fourth-order valence-corrected chi connectivity index (χ4v) is 5.45. The second-order valence-corrected chi connectivity index (χ2v) is 9.76. The Morgan fingerprint density at radius 1 is 1.14 bits per heavy atom. The molecule has 0 saturated carbocycles. The fourth-order valence-electron chi connectivity index (χ4n) is 3.54. The van der Waals surface area contributed by atoms with Gasteiger partial charge < -0.3 is 9.32 Å². The van der Waals surface area contributed by atoms with E-state index in [9.17, 15) is 18.0 Å². The van der Waals surface area contributed by atoms with Crippen LogP contribution in [0, 0.1) is 0 Å². The van der Waals surface area contributed by atoms with Gasteiger partial charge in [0, 0.05) is 23.7 Å². The molecule has 2 aromatic carbocycles. The molecule has 6 nitrogen and oxygen atoms in total. The van der Waals surface area contributed by atoms with Crippen molar-refractivity contribution in [2.75, 3.05) is 11.5 Å². The number of nitrogens with zero attached hydrogens (tertiary/aromatic N) is 1. The van der Waals surface area contributed by atoms with Gasteiger partial charge in [0.05, 0.1) is 16.9 Å². The molecule has 1 unspecified atom stereocenters. The predicted molar refractivity (Wildman–Crippen MR) is 111 cm³/mol. The van der Waals surface area contributed by atoms with Crippen molar-refractivity contribution in [1.82, 2.24) is 4.90 Å². The molecule has 1 aliphatic rings. The van der Waals surface area contributed by atoms with Crippen LogP contribution in [0.2, 0.25) is 5.02 Å². The van der Waals surface area contributed by atoms with Crippen LogP contribution < -0.4 is 5.43 Å². The van der Waals surface area contributed by atoms with Gasteiger partial charge in [0.15, 0.2) is 21.0 Å². The lowest BCUT2D eigenvalue weighted by molar-refractivity contribution is 0.0648. The molecule has 0 spiro atoms. The van der Waals surface area contributed by atoms with E-state index in [2.05, 4.69) is 0 Å². The highest BCUT2D eigenvalue weighted by molar-refractivity contribution is 7.91. The summed E-state index contributed by atoms with van der Waals surface area (Å²) in [7, 11) is -3.20. The molecule has 1 amide bonds. The van der Waals surface area contributed by atoms with Crippen LogP contribution in [0.15, 0.2) is 63.8 Å². The topological polar surface area (TPSA) is 84.7 Å². The summed E-state index contributed by atoms with van der Waals surface area (Å²) in [5.41, 5.74) is 0.736. The molecule has 150 valence electrons. The largest absolute Gasteiger partial charge is 0.451 e. The molecule has 1 saturated heterocycles. The van der Waals surface area contributed by atoms with E-state index in [0.29, 0.717) is 11.4 Å². The molecule has 1 fully saturated rings. The maximum atomic E-state index is 13.3. The third-order valence-electron chi connectivity index (χ3n) is 5.01. The number of halogens is 1. The van der Waals surface area contributed by atoms with E-state index in [0.717, 1.165) is 11.6 Å². The Morgan fingerprint density at radius 3 is 2.59 bits per heavy atom. The van der Waals surface area contributed by atoms with Crippen LogP contribution in [0.3, 0.4) is 0 Å². The number of hydrogen-bond acceptors (Lipinski definition) is 5. The first-order valence-corrected chi connectivity index (χ1v) is 11.3.